The summed E-state index contributed by atoms with van der Waals surface area (Å²) in [6.45, 7) is 0.639. The van der Waals surface area contributed by atoms with Crippen molar-refractivity contribution in [2.75, 3.05) is 19.4 Å². The van der Waals surface area contributed by atoms with Crippen LogP contribution in [0, 0.1) is 0 Å². The molecule has 0 radical (unpaired) electrons. The number of hydrogen-bond acceptors (Lipinski definition) is 4. The minimum atomic E-state index is 0.0163. The quantitative estimate of drug-likeness (QED) is 0.659. The maximum Gasteiger partial charge on any atom is 0.230 e. The number of carbonyl (C=O) groups is 1. The number of amides is 1. The van der Waals surface area contributed by atoms with Gasteiger partial charge in [0.25, 0.3) is 0 Å². The molecular formula is C20H20N2O2S. The predicted octanol–water partition coefficient (Wildman–Crippen LogP) is 3.69. The highest BCUT2D eigenvalue weighted by Crippen LogP contribution is 2.31. The van der Waals surface area contributed by atoms with Crippen LogP contribution in [0.15, 0.2) is 65.8 Å². The summed E-state index contributed by atoms with van der Waals surface area (Å²) in [4.78, 5) is 16.5. The third-order valence-corrected chi connectivity index (χ3v) is 4.87. The molecule has 0 aliphatic carbocycles. The van der Waals surface area contributed by atoms with Crippen LogP contribution in [-0.4, -0.2) is 30.3 Å². The fraction of sp³-hybridized carbons (Fsp3) is 0.200. The summed E-state index contributed by atoms with van der Waals surface area (Å²) in [7, 11) is 1.65. The Kier molecular flexibility index (Phi) is 5.90. The molecule has 1 amide bonds. The van der Waals surface area contributed by atoms with E-state index in [1.54, 1.807) is 13.3 Å². The molecule has 3 aromatic rings. The Hall–Kier alpha value is -2.53. The highest BCUT2D eigenvalue weighted by molar-refractivity contribution is 8.00. The van der Waals surface area contributed by atoms with E-state index in [0.29, 0.717) is 12.3 Å². The Bertz CT molecular complexity index is 853. The molecule has 1 N–H and O–H groups in total. The van der Waals surface area contributed by atoms with E-state index >= 15 is 0 Å². The molecule has 1 heterocycles. The number of carbonyl (C=O) groups excluding carboxylic acids is 1. The SMILES string of the molecule is COc1cccc2c(SCC(=O)NCCc3ccccc3)nccc12. The fourth-order valence-corrected chi connectivity index (χ4v) is 3.46. The zero-order valence-corrected chi connectivity index (χ0v) is 14.9. The van der Waals surface area contributed by atoms with Crippen molar-refractivity contribution in [1.82, 2.24) is 10.3 Å². The molecule has 0 aliphatic rings. The van der Waals surface area contributed by atoms with E-state index in [2.05, 4.69) is 22.4 Å². The van der Waals surface area contributed by atoms with Crippen LogP contribution in [-0.2, 0) is 11.2 Å². The van der Waals surface area contributed by atoms with E-state index in [1.807, 2.05) is 42.5 Å². The minimum Gasteiger partial charge on any atom is -0.496 e. The van der Waals surface area contributed by atoms with Crippen molar-refractivity contribution in [3.05, 3.63) is 66.4 Å². The minimum absolute atomic E-state index is 0.0163. The van der Waals surface area contributed by atoms with Crippen LogP contribution in [0.5, 0.6) is 5.75 Å². The second kappa shape index (κ2) is 8.53. The molecule has 0 saturated heterocycles. The van der Waals surface area contributed by atoms with Crippen molar-refractivity contribution in [3.63, 3.8) is 0 Å². The molecular weight excluding hydrogens is 332 g/mol. The smallest absolute Gasteiger partial charge is 0.230 e. The predicted molar refractivity (Wildman–Crippen MR) is 102 cm³/mol. The van der Waals surface area contributed by atoms with Gasteiger partial charge in [-0.05, 0) is 24.1 Å². The first-order chi connectivity index (χ1) is 12.3. The van der Waals surface area contributed by atoms with Crippen LogP contribution in [0.3, 0.4) is 0 Å². The van der Waals surface area contributed by atoms with Crippen LogP contribution >= 0.6 is 11.8 Å². The number of fused-ring (bicyclic) bond motifs is 1. The number of ether oxygens (including phenoxy) is 1. The first-order valence-corrected chi connectivity index (χ1v) is 9.11. The first kappa shape index (κ1) is 17.3. The molecule has 0 fully saturated rings. The number of nitrogens with one attached hydrogen (secondary N) is 1. The van der Waals surface area contributed by atoms with Crippen LogP contribution in [0.2, 0.25) is 0 Å². The van der Waals surface area contributed by atoms with Gasteiger partial charge in [-0.25, -0.2) is 4.98 Å². The molecule has 0 saturated carbocycles. The molecule has 0 atom stereocenters. The summed E-state index contributed by atoms with van der Waals surface area (Å²) >= 11 is 1.44. The Labute approximate surface area is 151 Å². The lowest BCUT2D eigenvalue weighted by atomic mass is 10.1. The largest absolute Gasteiger partial charge is 0.496 e. The van der Waals surface area contributed by atoms with Crippen molar-refractivity contribution in [3.8, 4) is 5.75 Å². The number of thioether (sulfide) groups is 1. The summed E-state index contributed by atoms with van der Waals surface area (Å²) in [6, 6.07) is 17.9. The van der Waals surface area contributed by atoms with Gasteiger partial charge < -0.3 is 10.1 Å². The van der Waals surface area contributed by atoms with E-state index in [0.717, 1.165) is 28.0 Å². The van der Waals surface area contributed by atoms with E-state index < -0.39 is 0 Å². The van der Waals surface area contributed by atoms with Crippen molar-refractivity contribution in [1.29, 1.82) is 0 Å². The zero-order chi connectivity index (χ0) is 17.5. The van der Waals surface area contributed by atoms with E-state index in [4.69, 9.17) is 4.74 Å². The molecule has 0 spiro atoms. The van der Waals surface area contributed by atoms with E-state index in [-0.39, 0.29) is 5.91 Å². The monoisotopic (exact) mass is 352 g/mol. The van der Waals surface area contributed by atoms with Gasteiger partial charge in [0.05, 0.1) is 12.9 Å². The molecule has 5 heteroatoms. The van der Waals surface area contributed by atoms with E-state index in [9.17, 15) is 4.79 Å². The summed E-state index contributed by atoms with van der Waals surface area (Å²) in [5.74, 6) is 1.18. The van der Waals surface area contributed by atoms with Gasteiger partial charge in [0.1, 0.15) is 10.8 Å². The first-order valence-electron chi connectivity index (χ1n) is 8.13. The van der Waals surface area contributed by atoms with Crippen molar-refractivity contribution in [2.45, 2.75) is 11.4 Å². The number of nitrogens with zero attached hydrogens (tertiary/aromatic N) is 1. The second-order valence-electron chi connectivity index (χ2n) is 5.55. The van der Waals surface area contributed by atoms with Crippen LogP contribution < -0.4 is 10.1 Å². The topological polar surface area (TPSA) is 51.2 Å². The summed E-state index contributed by atoms with van der Waals surface area (Å²) in [5.41, 5.74) is 1.22. The molecule has 0 aliphatic heterocycles. The van der Waals surface area contributed by atoms with Crippen molar-refractivity contribution < 1.29 is 9.53 Å². The number of benzene rings is 2. The molecule has 0 bridgehead atoms. The van der Waals surface area contributed by atoms with Gasteiger partial charge in [0, 0.05) is 23.5 Å². The number of rotatable bonds is 7. The van der Waals surface area contributed by atoms with Gasteiger partial charge >= 0.3 is 0 Å². The molecule has 2 aromatic carbocycles. The van der Waals surface area contributed by atoms with Gasteiger partial charge in [0.15, 0.2) is 0 Å². The Morgan fingerprint density at radius 1 is 1.08 bits per heavy atom. The molecule has 0 unspecified atom stereocenters. The standard InChI is InChI=1S/C20H20N2O2S/c1-24-18-9-5-8-17-16(18)11-13-22-20(17)25-14-19(23)21-12-10-15-6-3-2-4-7-15/h2-9,11,13H,10,12,14H2,1H3,(H,21,23). The van der Waals surface area contributed by atoms with Gasteiger partial charge in [-0.2, -0.15) is 0 Å². The maximum atomic E-state index is 12.1. The van der Waals surface area contributed by atoms with E-state index in [1.165, 1.54) is 17.3 Å². The third kappa shape index (κ3) is 4.51. The average Bonchev–Trinajstić information content (AvgIpc) is 2.66. The molecule has 1 aromatic heterocycles. The third-order valence-electron chi connectivity index (χ3n) is 3.87. The number of aromatic nitrogens is 1. The molecule has 4 nitrogen and oxygen atoms in total. The highest BCUT2D eigenvalue weighted by Gasteiger charge is 2.09. The lowest BCUT2D eigenvalue weighted by Gasteiger charge is -2.09. The van der Waals surface area contributed by atoms with Crippen LogP contribution in [0.1, 0.15) is 5.56 Å². The van der Waals surface area contributed by atoms with Crippen LogP contribution in [0.25, 0.3) is 10.8 Å². The molecule has 128 valence electrons. The maximum absolute atomic E-state index is 12.1. The Balaban J connectivity index is 1.56. The lowest BCUT2D eigenvalue weighted by Crippen LogP contribution is -2.27. The van der Waals surface area contributed by atoms with Gasteiger partial charge in [-0.1, -0.05) is 54.2 Å². The van der Waals surface area contributed by atoms with Crippen LogP contribution in [0.4, 0.5) is 0 Å². The fourth-order valence-electron chi connectivity index (χ4n) is 2.62. The summed E-state index contributed by atoms with van der Waals surface area (Å²) in [6.07, 6.45) is 2.58. The number of pyridine rings is 1. The zero-order valence-electron chi connectivity index (χ0n) is 14.1. The second-order valence-corrected chi connectivity index (χ2v) is 6.51. The number of hydrogen-bond donors (Lipinski definition) is 1. The molecule has 25 heavy (non-hydrogen) atoms. The Morgan fingerprint density at radius 2 is 1.92 bits per heavy atom. The normalized spacial score (nSPS) is 10.6. The highest BCUT2D eigenvalue weighted by atomic mass is 32.2. The van der Waals surface area contributed by atoms with Crippen molar-refractivity contribution >= 4 is 28.4 Å². The molecule has 3 rings (SSSR count). The van der Waals surface area contributed by atoms with Gasteiger partial charge in [-0.15, -0.1) is 0 Å². The number of methoxy groups -OCH3 is 1. The van der Waals surface area contributed by atoms with Gasteiger partial charge in [0.2, 0.25) is 5.91 Å². The summed E-state index contributed by atoms with van der Waals surface area (Å²) < 4.78 is 5.39. The van der Waals surface area contributed by atoms with Crippen molar-refractivity contribution in [2.24, 2.45) is 0 Å². The Morgan fingerprint density at radius 3 is 2.72 bits per heavy atom. The summed E-state index contributed by atoms with van der Waals surface area (Å²) in [5, 5.41) is 5.81. The lowest BCUT2D eigenvalue weighted by molar-refractivity contribution is -0.118. The van der Waals surface area contributed by atoms with Gasteiger partial charge in [-0.3, -0.25) is 4.79 Å². The average molecular weight is 352 g/mol.